The zero-order valence-corrected chi connectivity index (χ0v) is 16.1. The molecule has 1 N–H and O–H groups in total. The van der Waals surface area contributed by atoms with E-state index in [0.717, 1.165) is 18.7 Å². The number of hydrogen-bond donors (Lipinski definition) is 1. The highest BCUT2D eigenvalue weighted by molar-refractivity contribution is 7.91. The number of amides is 1. The number of carbonyl (C=O) groups is 1. The van der Waals surface area contributed by atoms with E-state index >= 15 is 0 Å². The monoisotopic (exact) mass is 392 g/mol. The molecule has 1 aliphatic heterocycles. The highest BCUT2D eigenvalue weighted by atomic mass is 35.5. The van der Waals surface area contributed by atoms with E-state index in [1.807, 2.05) is 24.3 Å². The Morgan fingerprint density at radius 2 is 1.88 bits per heavy atom. The molecule has 1 heterocycles. The maximum Gasteiger partial charge on any atom is 0.251 e. The largest absolute Gasteiger partial charge is 0.368 e. The normalized spacial score (nSPS) is 17.3. The van der Waals surface area contributed by atoms with Crippen LogP contribution in [0, 0.1) is 0 Å². The van der Waals surface area contributed by atoms with Gasteiger partial charge < -0.3 is 10.2 Å². The lowest BCUT2D eigenvalue weighted by atomic mass is 10.2. The van der Waals surface area contributed by atoms with Gasteiger partial charge in [0.05, 0.1) is 21.4 Å². The summed E-state index contributed by atoms with van der Waals surface area (Å²) in [6.07, 6.45) is 0.833. The minimum absolute atomic E-state index is 0.0258. The van der Waals surface area contributed by atoms with Crippen LogP contribution in [0.5, 0.6) is 0 Å². The highest BCUT2D eigenvalue weighted by Crippen LogP contribution is 2.28. The standard InChI is InChI=1S/C19H21ClN2O3S/c1-2-26(24,25)16-9-7-14(8-10-16)19(23)21-15-11-12-22(13-15)18-6-4-3-5-17(18)20/h3-10,15H,2,11-13H2,1H3,(H,21,23). The summed E-state index contributed by atoms with van der Waals surface area (Å²) in [5, 5.41) is 3.71. The number of nitrogens with zero attached hydrogens (tertiary/aromatic N) is 1. The van der Waals surface area contributed by atoms with Gasteiger partial charge in [0.15, 0.2) is 9.84 Å². The van der Waals surface area contributed by atoms with E-state index in [2.05, 4.69) is 10.2 Å². The molecule has 2 aromatic carbocycles. The third-order valence-corrected chi connectivity index (χ3v) is 6.64. The van der Waals surface area contributed by atoms with E-state index in [1.54, 1.807) is 19.1 Å². The van der Waals surface area contributed by atoms with Gasteiger partial charge in [0, 0.05) is 24.7 Å². The first-order valence-corrected chi connectivity index (χ1v) is 10.6. The van der Waals surface area contributed by atoms with Crippen molar-refractivity contribution >= 4 is 33.0 Å². The van der Waals surface area contributed by atoms with Crippen molar-refractivity contribution in [3.63, 3.8) is 0 Å². The van der Waals surface area contributed by atoms with Crippen molar-refractivity contribution in [1.29, 1.82) is 0 Å². The number of hydrogen-bond acceptors (Lipinski definition) is 4. The molecule has 2 aromatic rings. The molecule has 1 saturated heterocycles. The van der Waals surface area contributed by atoms with Crippen molar-refractivity contribution in [2.45, 2.75) is 24.3 Å². The van der Waals surface area contributed by atoms with Crippen LogP contribution in [0.4, 0.5) is 5.69 Å². The fraction of sp³-hybridized carbons (Fsp3) is 0.316. The van der Waals surface area contributed by atoms with Crippen molar-refractivity contribution in [3.05, 3.63) is 59.1 Å². The third-order valence-electron chi connectivity index (χ3n) is 4.57. The van der Waals surface area contributed by atoms with Crippen LogP contribution in [-0.2, 0) is 9.84 Å². The van der Waals surface area contributed by atoms with Crippen molar-refractivity contribution < 1.29 is 13.2 Å². The molecule has 1 atom stereocenters. The van der Waals surface area contributed by atoms with Crippen LogP contribution in [0.3, 0.4) is 0 Å². The summed E-state index contributed by atoms with van der Waals surface area (Å²) >= 11 is 6.24. The topological polar surface area (TPSA) is 66.5 Å². The van der Waals surface area contributed by atoms with Crippen LogP contribution in [0.2, 0.25) is 5.02 Å². The Balaban J connectivity index is 1.63. The quantitative estimate of drug-likeness (QED) is 0.848. The summed E-state index contributed by atoms with van der Waals surface area (Å²) in [4.78, 5) is 14.8. The predicted octanol–water partition coefficient (Wildman–Crippen LogP) is 3.14. The minimum atomic E-state index is -3.26. The molecule has 0 saturated carbocycles. The van der Waals surface area contributed by atoms with Crippen molar-refractivity contribution in [2.75, 3.05) is 23.7 Å². The van der Waals surface area contributed by atoms with Crippen molar-refractivity contribution in [1.82, 2.24) is 5.32 Å². The van der Waals surface area contributed by atoms with Gasteiger partial charge in [-0.2, -0.15) is 0 Å². The Kier molecular flexibility index (Phi) is 5.53. The molecule has 1 aliphatic rings. The molecule has 26 heavy (non-hydrogen) atoms. The molecule has 0 aromatic heterocycles. The summed E-state index contributed by atoms with van der Waals surface area (Å²) < 4.78 is 23.7. The van der Waals surface area contributed by atoms with Crippen LogP contribution in [0.15, 0.2) is 53.4 Å². The average Bonchev–Trinajstić information content (AvgIpc) is 3.10. The lowest BCUT2D eigenvalue weighted by molar-refractivity contribution is 0.0940. The number of nitrogens with one attached hydrogen (secondary N) is 1. The summed E-state index contributed by atoms with van der Waals surface area (Å²) in [6.45, 7) is 3.11. The molecule has 1 unspecified atom stereocenters. The highest BCUT2D eigenvalue weighted by Gasteiger charge is 2.25. The van der Waals surface area contributed by atoms with Gasteiger partial charge in [-0.25, -0.2) is 8.42 Å². The van der Waals surface area contributed by atoms with E-state index in [0.29, 0.717) is 17.1 Å². The molecule has 3 rings (SSSR count). The number of benzene rings is 2. The Bertz CT molecular complexity index is 897. The van der Waals surface area contributed by atoms with Gasteiger partial charge in [-0.05, 0) is 42.8 Å². The molecule has 7 heteroatoms. The maximum atomic E-state index is 12.4. The zero-order valence-electron chi connectivity index (χ0n) is 14.5. The molecule has 1 fully saturated rings. The van der Waals surface area contributed by atoms with Crippen molar-refractivity contribution in [3.8, 4) is 0 Å². The second kappa shape index (κ2) is 7.68. The van der Waals surface area contributed by atoms with Gasteiger partial charge in [-0.15, -0.1) is 0 Å². The van der Waals surface area contributed by atoms with E-state index < -0.39 is 9.84 Å². The van der Waals surface area contributed by atoms with E-state index in [4.69, 9.17) is 11.6 Å². The second-order valence-corrected chi connectivity index (χ2v) is 8.97. The van der Waals surface area contributed by atoms with Crippen LogP contribution >= 0.6 is 11.6 Å². The van der Waals surface area contributed by atoms with Crippen LogP contribution in [0.25, 0.3) is 0 Å². The summed E-state index contributed by atoms with van der Waals surface area (Å²) in [6, 6.07) is 13.8. The van der Waals surface area contributed by atoms with Crippen LogP contribution < -0.4 is 10.2 Å². The van der Waals surface area contributed by atoms with Crippen LogP contribution in [-0.4, -0.2) is 39.2 Å². The molecule has 5 nitrogen and oxygen atoms in total. The fourth-order valence-electron chi connectivity index (χ4n) is 3.05. The SMILES string of the molecule is CCS(=O)(=O)c1ccc(C(=O)NC2CCN(c3ccccc3Cl)C2)cc1. The second-order valence-electron chi connectivity index (χ2n) is 6.28. The van der Waals surface area contributed by atoms with Gasteiger partial charge in [-0.3, -0.25) is 4.79 Å². The van der Waals surface area contributed by atoms with Gasteiger partial charge in [0.2, 0.25) is 0 Å². The average molecular weight is 393 g/mol. The molecular formula is C19H21ClN2O3S. The lowest BCUT2D eigenvalue weighted by Gasteiger charge is -2.20. The molecule has 0 spiro atoms. The smallest absolute Gasteiger partial charge is 0.251 e. The molecule has 0 aliphatic carbocycles. The number of sulfone groups is 1. The molecule has 138 valence electrons. The first-order valence-electron chi connectivity index (χ1n) is 8.54. The van der Waals surface area contributed by atoms with Crippen molar-refractivity contribution in [2.24, 2.45) is 0 Å². The number of halogens is 1. The van der Waals surface area contributed by atoms with E-state index in [-0.39, 0.29) is 22.6 Å². The van der Waals surface area contributed by atoms with Gasteiger partial charge in [-0.1, -0.05) is 30.7 Å². The molecule has 0 radical (unpaired) electrons. The van der Waals surface area contributed by atoms with Crippen LogP contribution in [0.1, 0.15) is 23.7 Å². The van der Waals surface area contributed by atoms with Gasteiger partial charge in [0.1, 0.15) is 0 Å². The summed E-state index contributed by atoms with van der Waals surface area (Å²) in [5.74, 6) is -0.158. The Labute approximate surface area is 158 Å². The Morgan fingerprint density at radius 3 is 2.54 bits per heavy atom. The van der Waals surface area contributed by atoms with Gasteiger partial charge >= 0.3 is 0 Å². The number of carbonyl (C=O) groups excluding carboxylic acids is 1. The first kappa shape index (κ1) is 18.7. The Morgan fingerprint density at radius 1 is 1.19 bits per heavy atom. The first-order chi connectivity index (χ1) is 12.4. The van der Waals surface area contributed by atoms with E-state index in [1.165, 1.54) is 12.1 Å². The maximum absolute atomic E-state index is 12.4. The number of para-hydroxylation sites is 1. The summed E-state index contributed by atoms with van der Waals surface area (Å²) in [7, 11) is -3.26. The third kappa shape index (κ3) is 4.02. The molecule has 0 bridgehead atoms. The number of anilines is 1. The molecular weight excluding hydrogens is 372 g/mol. The zero-order chi connectivity index (χ0) is 18.7. The minimum Gasteiger partial charge on any atom is -0.368 e. The lowest BCUT2D eigenvalue weighted by Crippen LogP contribution is -2.37. The Hall–Kier alpha value is -2.05. The van der Waals surface area contributed by atoms with Gasteiger partial charge in [0.25, 0.3) is 5.91 Å². The predicted molar refractivity (Wildman–Crippen MR) is 104 cm³/mol. The summed E-state index contributed by atoms with van der Waals surface area (Å²) in [5.41, 5.74) is 1.43. The van der Waals surface area contributed by atoms with E-state index in [9.17, 15) is 13.2 Å². The molecule has 1 amide bonds. The number of rotatable bonds is 5. The fourth-order valence-corrected chi connectivity index (χ4v) is 4.19.